The van der Waals surface area contributed by atoms with Gasteiger partial charge in [0, 0.05) is 0 Å². The van der Waals surface area contributed by atoms with Gasteiger partial charge in [-0.1, -0.05) is 33.1 Å². The van der Waals surface area contributed by atoms with Gasteiger partial charge in [-0.2, -0.15) is 0 Å². The van der Waals surface area contributed by atoms with Crippen LogP contribution in [0.3, 0.4) is 0 Å². The largest absolute Gasteiger partial charge is 0.322 e. The molecular formula is C13H25NO. The van der Waals surface area contributed by atoms with Crippen molar-refractivity contribution in [3.8, 4) is 0 Å². The first-order valence-corrected chi connectivity index (χ1v) is 6.17. The van der Waals surface area contributed by atoms with E-state index in [9.17, 15) is 4.79 Å². The molecule has 0 aliphatic heterocycles. The van der Waals surface area contributed by atoms with E-state index in [1.165, 1.54) is 32.1 Å². The third-order valence-corrected chi connectivity index (χ3v) is 3.75. The second kappa shape index (κ2) is 5.11. The van der Waals surface area contributed by atoms with Gasteiger partial charge in [-0.05, 0) is 37.5 Å². The lowest BCUT2D eigenvalue weighted by Gasteiger charge is -2.32. The van der Waals surface area contributed by atoms with Gasteiger partial charge in [0.25, 0.3) is 0 Å². The van der Waals surface area contributed by atoms with Gasteiger partial charge in [0.15, 0.2) is 0 Å². The number of carbonyl (C=O) groups excluding carboxylic acids is 1. The quantitative estimate of drug-likeness (QED) is 0.734. The Hall–Kier alpha value is -0.370. The third-order valence-electron chi connectivity index (χ3n) is 3.75. The van der Waals surface area contributed by atoms with E-state index in [1.54, 1.807) is 6.92 Å². The van der Waals surface area contributed by atoms with Crippen molar-refractivity contribution in [1.82, 2.24) is 0 Å². The molecule has 0 bridgehead atoms. The molecule has 2 heteroatoms. The topological polar surface area (TPSA) is 43.1 Å². The van der Waals surface area contributed by atoms with Crippen LogP contribution in [0.15, 0.2) is 0 Å². The molecule has 1 atom stereocenters. The van der Waals surface area contributed by atoms with E-state index in [0.29, 0.717) is 0 Å². The number of nitrogens with two attached hydrogens (primary N) is 1. The summed E-state index contributed by atoms with van der Waals surface area (Å²) < 4.78 is 0. The fraction of sp³-hybridized carbons (Fsp3) is 0.923. The van der Waals surface area contributed by atoms with Crippen molar-refractivity contribution in [3.05, 3.63) is 0 Å². The number of hydrogen-bond donors (Lipinski definition) is 1. The Morgan fingerprint density at radius 2 is 2.07 bits per heavy atom. The lowest BCUT2D eigenvalue weighted by atomic mass is 9.74. The Balaban J connectivity index is 2.26. The molecular weight excluding hydrogens is 186 g/mol. The third kappa shape index (κ3) is 4.33. The Labute approximate surface area is 93.6 Å². The fourth-order valence-electron chi connectivity index (χ4n) is 2.22. The molecule has 1 saturated carbocycles. The van der Waals surface area contributed by atoms with Gasteiger partial charge in [0.2, 0.25) is 0 Å². The van der Waals surface area contributed by atoms with Crippen LogP contribution in [0.4, 0.5) is 0 Å². The van der Waals surface area contributed by atoms with E-state index in [-0.39, 0.29) is 17.2 Å². The molecule has 88 valence electrons. The van der Waals surface area contributed by atoms with Gasteiger partial charge in [-0.3, -0.25) is 4.79 Å². The maximum absolute atomic E-state index is 11.1. The number of rotatable bonds is 6. The van der Waals surface area contributed by atoms with Crippen LogP contribution in [-0.2, 0) is 4.79 Å². The summed E-state index contributed by atoms with van der Waals surface area (Å²) in [5, 5.41) is 0. The summed E-state index contributed by atoms with van der Waals surface area (Å²) >= 11 is 0. The minimum absolute atomic E-state index is 0.117. The van der Waals surface area contributed by atoms with Crippen LogP contribution in [0.2, 0.25) is 0 Å². The number of Topliss-reactive ketones (excluding diaryl/α,β-unsaturated/α-hetero) is 1. The van der Waals surface area contributed by atoms with Crippen LogP contribution in [0, 0.1) is 11.3 Å². The summed E-state index contributed by atoms with van der Waals surface area (Å²) in [6, 6.07) is -0.263. The number of carbonyl (C=O) groups is 1. The highest BCUT2D eigenvalue weighted by Crippen LogP contribution is 2.36. The SMILES string of the molecule is CC(=O)[C@@H](N)CC(C)(C)CCC1CCC1. The van der Waals surface area contributed by atoms with Crippen LogP contribution < -0.4 is 5.73 Å². The molecule has 1 rings (SSSR count). The first-order valence-electron chi connectivity index (χ1n) is 6.17. The Kier molecular flexibility index (Phi) is 4.32. The highest BCUT2D eigenvalue weighted by atomic mass is 16.1. The summed E-state index contributed by atoms with van der Waals surface area (Å²) in [4.78, 5) is 11.1. The summed E-state index contributed by atoms with van der Waals surface area (Å²) in [6.45, 7) is 6.05. The average Bonchev–Trinajstić information content (AvgIpc) is 1.99. The first kappa shape index (κ1) is 12.7. The Morgan fingerprint density at radius 1 is 1.47 bits per heavy atom. The molecule has 0 radical (unpaired) electrons. The molecule has 0 aromatic heterocycles. The fourth-order valence-corrected chi connectivity index (χ4v) is 2.22. The van der Waals surface area contributed by atoms with E-state index >= 15 is 0 Å². The smallest absolute Gasteiger partial charge is 0.146 e. The summed E-state index contributed by atoms with van der Waals surface area (Å²) in [6.07, 6.45) is 7.59. The zero-order valence-corrected chi connectivity index (χ0v) is 10.4. The van der Waals surface area contributed by atoms with E-state index < -0.39 is 0 Å². The van der Waals surface area contributed by atoms with Crippen molar-refractivity contribution in [1.29, 1.82) is 0 Å². The standard InChI is InChI=1S/C13H25NO/c1-10(15)12(14)9-13(2,3)8-7-11-5-4-6-11/h11-12H,4-9,14H2,1-3H3/t12-/m0/s1. The van der Waals surface area contributed by atoms with Gasteiger partial charge in [-0.15, -0.1) is 0 Å². The first-order chi connectivity index (χ1) is 6.91. The van der Waals surface area contributed by atoms with Crippen molar-refractivity contribution in [2.45, 2.75) is 65.3 Å². The molecule has 15 heavy (non-hydrogen) atoms. The van der Waals surface area contributed by atoms with Gasteiger partial charge < -0.3 is 5.73 Å². The molecule has 1 aliphatic rings. The van der Waals surface area contributed by atoms with Crippen molar-refractivity contribution in [3.63, 3.8) is 0 Å². The van der Waals surface area contributed by atoms with Crippen molar-refractivity contribution < 1.29 is 4.79 Å². The number of hydrogen-bond acceptors (Lipinski definition) is 2. The van der Waals surface area contributed by atoms with E-state index in [2.05, 4.69) is 13.8 Å². The lowest BCUT2D eigenvalue weighted by Crippen LogP contribution is -2.34. The molecule has 2 N–H and O–H groups in total. The maximum Gasteiger partial charge on any atom is 0.146 e. The van der Waals surface area contributed by atoms with Crippen molar-refractivity contribution in [2.24, 2.45) is 17.1 Å². The van der Waals surface area contributed by atoms with Crippen LogP contribution in [0.5, 0.6) is 0 Å². The summed E-state index contributed by atoms with van der Waals surface area (Å²) in [5.74, 6) is 1.07. The van der Waals surface area contributed by atoms with E-state index in [0.717, 1.165) is 12.3 Å². The van der Waals surface area contributed by atoms with Crippen molar-refractivity contribution >= 4 is 5.78 Å². The van der Waals surface area contributed by atoms with Gasteiger partial charge in [0.1, 0.15) is 5.78 Å². The normalized spacial score (nSPS) is 19.7. The lowest BCUT2D eigenvalue weighted by molar-refractivity contribution is -0.118. The second-order valence-electron chi connectivity index (χ2n) is 5.92. The molecule has 0 aromatic carbocycles. The highest BCUT2D eigenvalue weighted by Gasteiger charge is 2.26. The molecule has 0 amide bonds. The summed E-state index contributed by atoms with van der Waals surface area (Å²) in [5.41, 5.74) is 6.03. The predicted molar refractivity (Wildman–Crippen MR) is 63.6 cm³/mol. The molecule has 0 heterocycles. The summed E-state index contributed by atoms with van der Waals surface area (Å²) in [7, 11) is 0. The molecule has 2 nitrogen and oxygen atoms in total. The van der Waals surface area contributed by atoms with Crippen LogP contribution in [0.1, 0.15) is 59.3 Å². The molecule has 0 spiro atoms. The highest BCUT2D eigenvalue weighted by molar-refractivity contribution is 5.81. The van der Waals surface area contributed by atoms with Gasteiger partial charge >= 0.3 is 0 Å². The zero-order chi connectivity index (χ0) is 11.5. The molecule has 1 fully saturated rings. The van der Waals surface area contributed by atoms with E-state index in [1.807, 2.05) is 0 Å². The number of ketones is 1. The molecule has 0 aromatic rings. The minimum atomic E-state index is -0.263. The Morgan fingerprint density at radius 3 is 2.47 bits per heavy atom. The van der Waals surface area contributed by atoms with Crippen LogP contribution >= 0.6 is 0 Å². The van der Waals surface area contributed by atoms with Crippen molar-refractivity contribution in [2.75, 3.05) is 0 Å². The van der Waals surface area contributed by atoms with Crippen LogP contribution in [0.25, 0.3) is 0 Å². The molecule has 0 saturated heterocycles. The predicted octanol–water partition coefficient (Wildman–Crippen LogP) is 2.90. The van der Waals surface area contributed by atoms with Crippen LogP contribution in [-0.4, -0.2) is 11.8 Å². The van der Waals surface area contributed by atoms with Gasteiger partial charge in [-0.25, -0.2) is 0 Å². The molecule has 0 unspecified atom stereocenters. The second-order valence-corrected chi connectivity index (χ2v) is 5.92. The van der Waals surface area contributed by atoms with E-state index in [4.69, 9.17) is 5.73 Å². The minimum Gasteiger partial charge on any atom is -0.322 e. The molecule has 1 aliphatic carbocycles. The zero-order valence-electron chi connectivity index (χ0n) is 10.4. The maximum atomic E-state index is 11.1. The van der Waals surface area contributed by atoms with Gasteiger partial charge in [0.05, 0.1) is 6.04 Å². The Bertz CT molecular complexity index is 219. The average molecular weight is 211 g/mol. The monoisotopic (exact) mass is 211 g/mol.